The minimum atomic E-state index is -1.43. The summed E-state index contributed by atoms with van der Waals surface area (Å²) in [5.41, 5.74) is -1.92. The lowest BCUT2D eigenvalue weighted by atomic mass is 9.39. The van der Waals surface area contributed by atoms with Gasteiger partial charge in [0.15, 0.2) is 0 Å². The summed E-state index contributed by atoms with van der Waals surface area (Å²) < 4.78 is 5.90. The van der Waals surface area contributed by atoms with E-state index in [1.165, 1.54) is 0 Å². The minimum Gasteiger partial charge on any atom is -0.392 e. The van der Waals surface area contributed by atoms with Crippen LogP contribution in [0.1, 0.15) is 58.9 Å². The largest absolute Gasteiger partial charge is 0.392 e. The predicted molar refractivity (Wildman–Crippen MR) is 128 cm³/mol. The Balaban J connectivity index is 0.000000967. The molecule has 0 amide bonds. The molecule has 2 bridgehead atoms. The molecular weight excluding hydrogens is 464 g/mol. The first kappa shape index (κ1) is 27.1. The summed E-state index contributed by atoms with van der Waals surface area (Å²) in [6.45, 7) is 10.0. The van der Waals surface area contributed by atoms with Crippen molar-refractivity contribution in [3.63, 3.8) is 0 Å². The number of carbonyl (C=O) groups excluding carboxylic acids is 2. The lowest BCUT2D eigenvalue weighted by molar-refractivity contribution is -0.320. The second kappa shape index (κ2) is 8.84. The first-order valence-corrected chi connectivity index (χ1v) is 12.5. The van der Waals surface area contributed by atoms with Crippen molar-refractivity contribution in [3.05, 3.63) is 47.0 Å². The van der Waals surface area contributed by atoms with Gasteiger partial charge < -0.3 is 30.3 Å². The van der Waals surface area contributed by atoms with Crippen LogP contribution in [-0.2, 0) is 14.3 Å². The monoisotopic (exact) mass is 502 g/mol. The van der Waals surface area contributed by atoms with Crippen molar-refractivity contribution in [2.24, 2.45) is 22.2 Å². The standard InChI is InChI=1S/C27H38O6.CO2/c1-14-16(28)12-27(32)20(15-9-7-6-8-10-15)22-25(4)13-33-18(25)11-17(29)26(22,5)23(31)21(30)19(14)24(27,2)3;2-1-3/h6-10,16-18,20-23,28-32H,11-13H2,1-5H3;/t16-,17-,18+,20-,21+,22?,23-,25+,26+,27+;/m0./s1. The molecule has 2 saturated carbocycles. The zero-order valence-electron chi connectivity index (χ0n) is 21.5. The van der Waals surface area contributed by atoms with Gasteiger partial charge >= 0.3 is 6.15 Å². The lowest BCUT2D eigenvalue weighted by Gasteiger charge is -2.70. The molecule has 4 aliphatic rings. The fraction of sp³-hybridized carbons (Fsp3) is 0.679. The maximum atomic E-state index is 12.7. The maximum absolute atomic E-state index is 12.7. The highest BCUT2D eigenvalue weighted by Gasteiger charge is 2.73. The number of hydrogen-bond acceptors (Lipinski definition) is 8. The summed E-state index contributed by atoms with van der Waals surface area (Å²) >= 11 is 0. The summed E-state index contributed by atoms with van der Waals surface area (Å²) in [5, 5.41) is 58.7. The number of benzene rings is 1. The molecular formula is C28H38O8. The fourth-order valence-electron chi connectivity index (χ4n) is 8.22. The van der Waals surface area contributed by atoms with Crippen LogP contribution in [0, 0.1) is 22.2 Å². The van der Waals surface area contributed by atoms with E-state index in [2.05, 4.69) is 6.92 Å². The molecule has 0 spiro atoms. The topological polar surface area (TPSA) is 145 Å². The van der Waals surface area contributed by atoms with E-state index in [9.17, 15) is 25.5 Å². The van der Waals surface area contributed by atoms with Gasteiger partial charge in [-0.25, -0.2) is 0 Å². The average Bonchev–Trinajstić information content (AvgIpc) is 2.82. The Morgan fingerprint density at radius 3 is 2.11 bits per heavy atom. The van der Waals surface area contributed by atoms with Crippen LogP contribution in [0.3, 0.4) is 0 Å². The molecule has 0 aromatic heterocycles. The van der Waals surface area contributed by atoms with Gasteiger partial charge in [-0.3, -0.25) is 0 Å². The van der Waals surface area contributed by atoms with Gasteiger partial charge in [0.2, 0.25) is 0 Å². The van der Waals surface area contributed by atoms with Crippen molar-refractivity contribution >= 4 is 6.15 Å². The van der Waals surface area contributed by atoms with Crippen molar-refractivity contribution in [3.8, 4) is 0 Å². The third-order valence-corrected chi connectivity index (χ3v) is 10.3. The minimum absolute atomic E-state index is 0.113. The molecule has 1 aromatic carbocycles. The van der Waals surface area contributed by atoms with E-state index < -0.39 is 58.1 Å². The molecule has 8 heteroatoms. The van der Waals surface area contributed by atoms with E-state index in [-0.39, 0.29) is 18.7 Å². The highest BCUT2D eigenvalue weighted by atomic mass is 16.5. The van der Waals surface area contributed by atoms with E-state index in [1.54, 1.807) is 6.92 Å². The van der Waals surface area contributed by atoms with Crippen LogP contribution in [0.5, 0.6) is 0 Å². The van der Waals surface area contributed by atoms with Crippen molar-refractivity contribution in [1.29, 1.82) is 0 Å². The van der Waals surface area contributed by atoms with Crippen LogP contribution < -0.4 is 0 Å². The van der Waals surface area contributed by atoms with Crippen molar-refractivity contribution in [2.75, 3.05) is 6.61 Å². The van der Waals surface area contributed by atoms with E-state index in [0.717, 1.165) is 5.56 Å². The van der Waals surface area contributed by atoms with Crippen molar-refractivity contribution < 1.29 is 39.9 Å². The van der Waals surface area contributed by atoms with E-state index in [1.807, 2.05) is 51.1 Å². The summed E-state index contributed by atoms with van der Waals surface area (Å²) in [6, 6.07) is 9.77. The molecule has 0 radical (unpaired) electrons. The Labute approximate surface area is 211 Å². The first-order valence-electron chi connectivity index (χ1n) is 12.5. The van der Waals surface area contributed by atoms with Gasteiger partial charge in [0.25, 0.3) is 0 Å². The second-order valence-electron chi connectivity index (χ2n) is 12.1. The van der Waals surface area contributed by atoms with Gasteiger partial charge in [-0.2, -0.15) is 9.59 Å². The molecule has 3 aliphatic carbocycles. The molecule has 8 nitrogen and oxygen atoms in total. The zero-order chi connectivity index (χ0) is 26.8. The molecule has 1 unspecified atom stereocenters. The molecule has 5 rings (SSSR count). The average molecular weight is 503 g/mol. The number of hydrogen-bond donors (Lipinski definition) is 5. The van der Waals surface area contributed by atoms with Crippen LogP contribution in [0.25, 0.3) is 0 Å². The molecule has 36 heavy (non-hydrogen) atoms. The third-order valence-electron chi connectivity index (χ3n) is 10.3. The Morgan fingerprint density at radius 1 is 1.00 bits per heavy atom. The fourth-order valence-corrected chi connectivity index (χ4v) is 8.22. The number of aliphatic hydroxyl groups excluding tert-OH is 4. The van der Waals surface area contributed by atoms with Gasteiger partial charge in [-0.1, -0.05) is 58.0 Å². The van der Waals surface area contributed by atoms with Crippen molar-refractivity contribution in [1.82, 2.24) is 0 Å². The van der Waals surface area contributed by atoms with E-state index in [0.29, 0.717) is 24.2 Å². The summed E-state index contributed by atoms with van der Waals surface area (Å²) in [4.78, 5) is 16.2. The Kier molecular flexibility index (Phi) is 6.67. The predicted octanol–water partition coefficient (Wildman–Crippen LogP) is 1.55. The first-order chi connectivity index (χ1) is 16.7. The SMILES string of the molecule is CC1=C2[C@@H](O)[C@H](O)[C@@]3(C)C([C@H](c4ccccc4)[C@](O)(C[C@@H]1O)C2(C)C)[C@]1(C)CO[C@@H]1C[C@@H]3O.O=C=O. The van der Waals surface area contributed by atoms with Crippen LogP contribution in [0.2, 0.25) is 0 Å². The van der Waals surface area contributed by atoms with Crippen LogP contribution in [0.15, 0.2) is 41.5 Å². The molecule has 1 aromatic rings. The van der Waals surface area contributed by atoms with Gasteiger partial charge in [0.1, 0.15) is 6.10 Å². The molecule has 1 saturated heterocycles. The number of ether oxygens (including phenoxy) is 1. The third kappa shape index (κ3) is 3.36. The summed E-state index contributed by atoms with van der Waals surface area (Å²) in [7, 11) is 0. The van der Waals surface area contributed by atoms with Gasteiger partial charge in [0, 0.05) is 35.0 Å². The molecule has 1 aliphatic heterocycles. The van der Waals surface area contributed by atoms with Crippen molar-refractivity contribution in [2.45, 2.75) is 89.5 Å². The van der Waals surface area contributed by atoms with Crippen LogP contribution in [0.4, 0.5) is 0 Å². The van der Waals surface area contributed by atoms with Crippen LogP contribution >= 0.6 is 0 Å². The molecule has 198 valence electrons. The Hall–Kier alpha value is -1.90. The van der Waals surface area contributed by atoms with Crippen LogP contribution in [-0.4, -0.2) is 74.4 Å². The molecule has 1 heterocycles. The quantitative estimate of drug-likeness (QED) is 0.364. The molecule has 3 fully saturated rings. The second-order valence-corrected chi connectivity index (χ2v) is 12.1. The Morgan fingerprint density at radius 2 is 1.58 bits per heavy atom. The van der Waals surface area contributed by atoms with E-state index in [4.69, 9.17) is 14.3 Å². The highest BCUT2D eigenvalue weighted by Crippen LogP contribution is 2.69. The highest BCUT2D eigenvalue weighted by molar-refractivity contribution is 5.42. The summed E-state index contributed by atoms with van der Waals surface area (Å²) in [5.74, 6) is -0.916. The summed E-state index contributed by atoms with van der Waals surface area (Å²) in [6.07, 6.45) is -3.92. The molecule has 5 N–H and O–H groups in total. The number of aliphatic hydroxyl groups is 5. The smallest absolute Gasteiger partial charge is 0.373 e. The van der Waals surface area contributed by atoms with Gasteiger partial charge in [-0.05, 0) is 29.6 Å². The lowest BCUT2D eigenvalue weighted by Crippen LogP contribution is -2.75. The number of rotatable bonds is 1. The maximum Gasteiger partial charge on any atom is 0.373 e. The normalized spacial score (nSPS) is 47.0. The zero-order valence-corrected chi connectivity index (χ0v) is 21.5. The van der Waals surface area contributed by atoms with Gasteiger partial charge in [-0.15, -0.1) is 0 Å². The van der Waals surface area contributed by atoms with Gasteiger partial charge in [0.05, 0.1) is 36.6 Å². The number of fused-ring (bicyclic) bond motifs is 5. The molecule has 10 atom stereocenters. The van der Waals surface area contributed by atoms with E-state index >= 15 is 0 Å². The Bertz CT molecular complexity index is 1060.